The van der Waals surface area contributed by atoms with E-state index in [1.807, 2.05) is 18.2 Å². The Kier molecular flexibility index (Phi) is 4.96. The molecule has 2 heterocycles. The zero-order valence-corrected chi connectivity index (χ0v) is 15.9. The summed E-state index contributed by atoms with van der Waals surface area (Å²) in [6, 6.07) is 15.0. The predicted octanol–water partition coefficient (Wildman–Crippen LogP) is 2.48. The van der Waals surface area contributed by atoms with E-state index in [9.17, 15) is 14.4 Å². The lowest BCUT2D eigenvalue weighted by atomic mass is 10.0. The van der Waals surface area contributed by atoms with Crippen LogP contribution in [0.3, 0.4) is 0 Å². The molecule has 4 rings (SSSR count). The van der Waals surface area contributed by atoms with E-state index in [0.717, 1.165) is 18.0 Å². The van der Waals surface area contributed by atoms with Crippen molar-refractivity contribution < 1.29 is 14.4 Å². The molecule has 3 amide bonds. The molecule has 0 spiro atoms. The van der Waals surface area contributed by atoms with E-state index in [2.05, 4.69) is 22.3 Å². The molecular weight excluding hydrogens is 354 g/mol. The Balaban J connectivity index is 1.50. The number of nitrogens with zero attached hydrogens (tertiary/aromatic N) is 2. The smallest absolute Gasteiger partial charge is 0.261 e. The van der Waals surface area contributed by atoms with Crippen LogP contribution >= 0.6 is 0 Å². The number of rotatable bonds is 5. The minimum Gasteiger partial charge on any atom is -0.350 e. The lowest BCUT2D eigenvalue weighted by molar-refractivity contribution is 0.0693. The summed E-state index contributed by atoms with van der Waals surface area (Å²) in [7, 11) is 1.45. The Morgan fingerprint density at radius 2 is 1.68 bits per heavy atom. The van der Waals surface area contributed by atoms with Crippen molar-refractivity contribution in [2.45, 2.75) is 18.9 Å². The van der Waals surface area contributed by atoms with Crippen LogP contribution in [-0.2, 0) is 0 Å². The summed E-state index contributed by atoms with van der Waals surface area (Å²) in [6.45, 7) is 2.54. The molecule has 1 fully saturated rings. The van der Waals surface area contributed by atoms with Gasteiger partial charge < -0.3 is 5.32 Å². The normalized spacial score (nSPS) is 17.7. The minimum atomic E-state index is -0.367. The van der Waals surface area contributed by atoms with Crippen molar-refractivity contribution in [2.75, 3.05) is 26.7 Å². The van der Waals surface area contributed by atoms with Crippen LogP contribution in [0.15, 0.2) is 48.5 Å². The van der Waals surface area contributed by atoms with Gasteiger partial charge in [-0.2, -0.15) is 0 Å². The third kappa shape index (κ3) is 3.31. The fraction of sp³-hybridized carbons (Fsp3) is 0.318. The molecule has 6 nitrogen and oxygen atoms in total. The maximum absolute atomic E-state index is 12.7. The second-order valence-corrected chi connectivity index (χ2v) is 7.31. The third-order valence-corrected chi connectivity index (χ3v) is 5.57. The van der Waals surface area contributed by atoms with Crippen LogP contribution < -0.4 is 5.32 Å². The molecule has 0 aliphatic carbocycles. The third-order valence-electron chi connectivity index (χ3n) is 5.57. The van der Waals surface area contributed by atoms with E-state index in [0.29, 0.717) is 23.2 Å². The molecule has 28 heavy (non-hydrogen) atoms. The van der Waals surface area contributed by atoms with Crippen LogP contribution in [0, 0.1) is 0 Å². The summed E-state index contributed by atoms with van der Waals surface area (Å²) < 4.78 is 0. The number of amides is 3. The van der Waals surface area contributed by atoms with E-state index < -0.39 is 0 Å². The van der Waals surface area contributed by atoms with Crippen LogP contribution in [0.5, 0.6) is 0 Å². The number of carbonyl (C=O) groups excluding carboxylic acids is 3. The van der Waals surface area contributed by atoms with Crippen LogP contribution in [0.2, 0.25) is 0 Å². The molecule has 0 saturated carbocycles. The van der Waals surface area contributed by atoms with Gasteiger partial charge in [0.25, 0.3) is 17.7 Å². The second kappa shape index (κ2) is 7.56. The SMILES string of the molecule is CN1C(=O)c2ccc(C(=O)NCC(c3ccccc3)N3CCCC3)cc2C1=O. The van der Waals surface area contributed by atoms with Crippen molar-refractivity contribution in [3.63, 3.8) is 0 Å². The van der Waals surface area contributed by atoms with Crippen molar-refractivity contribution >= 4 is 17.7 Å². The van der Waals surface area contributed by atoms with Crippen molar-refractivity contribution in [1.29, 1.82) is 0 Å². The Morgan fingerprint density at radius 1 is 1.00 bits per heavy atom. The molecular formula is C22H23N3O3. The lowest BCUT2D eigenvalue weighted by Crippen LogP contribution is -2.36. The van der Waals surface area contributed by atoms with Gasteiger partial charge in [-0.25, -0.2) is 0 Å². The first-order chi connectivity index (χ1) is 13.6. The Labute approximate surface area is 164 Å². The number of nitrogens with one attached hydrogen (secondary N) is 1. The van der Waals surface area contributed by atoms with E-state index in [4.69, 9.17) is 0 Å². The van der Waals surface area contributed by atoms with E-state index >= 15 is 0 Å². The molecule has 0 radical (unpaired) electrons. The second-order valence-electron chi connectivity index (χ2n) is 7.31. The standard InChI is InChI=1S/C22H23N3O3/c1-24-21(27)17-10-9-16(13-18(17)22(24)28)20(26)23-14-19(25-11-5-6-12-25)15-7-3-2-4-8-15/h2-4,7-10,13,19H,5-6,11-12,14H2,1H3,(H,23,26). The van der Waals surface area contributed by atoms with Gasteiger partial charge >= 0.3 is 0 Å². The number of benzene rings is 2. The molecule has 1 N–H and O–H groups in total. The summed E-state index contributed by atoms with van der Waals surface area (Å²) >= 11 is 0. The summed E-state index contributed by atoms with van der Waals surface area (Å²) in [5.41, 5.74) is 2.21. The molecule has 0 aromatic heterocycles. The number of imide groups is 1. The number of hydrogen-bond acceptors (Lipinski definition) is 4. The van der Waals surface area contributed by atoms with Crippen LogP contribution in [0.25, 0.3) is 0 Å². The van der Waals surface area contributed by atoms with Gasteiger partial charge in [-0.15, -0.1) is 0 Å². The summed E-state index contributed by atoms with van der Waals surface area (Å²) in [6.07, 6.45) is 2.34. The fourth-order valence-corrected chi connectivity index (χ4v) is 3.98. The predicted molar refractivity (Wildman–Crippen MR) is 105 cm³/mol. The van der Waals surface area contributed by atoms with Crippen molar-refractivity contribution in [3.05, 3.63) is 70.8 Å². The van der Waals surface area contributed by atoms with Gasteiger partial charge in [0.05, 0.1) is 17.2 Å². The number of carbonyl (C=O) groups is 3. The first-order valence-corrected chi connectivity index (χ1v) is 9.60. The van der Waals surface area contributed by atoms with Crippen molar-refractivity contribution in [3.8, 4) is 0 Å². The zero-order chi connectivity index (χ0) is 19.7. The molecule has 1 saturated heterocycles. The molecule has 0 bridgehead atoms. The van der Waals surface area contributed by atoms with Crippen molar-refractivity contribution in [2.24, 2.45) is 0 Å². The van der Waals surface area contributed by atoms with Gasteiger partial charge in [0.2, 0.25) is 0 Å². The molecule has 2 aliphatic heterocycles. The lowest BCUT2D eigenvalue weighted by Gasteiger charge is -2.28. The molecule has 2 aromatic carbocycles. The highest BCUT2D eigenvalue weighted by Crippen LogP contribution is 2.25. The highest BCUT2D eigenvalue weighted by molar-refractivity contribution is 6.21. The summed E-state index contributed by atoms with van der Waals surface area (Å²) in [5, 5.41) is 3.01. The average molecular weight is 377 g/mol. The Morgan fingerprint density at radius 3 is 2.39 bits per heavy atom. The number of hydrogen-bond donors (Lipinski definition) is 1. The van der Waals surface area contributed by atoms with Crippen LogP contribution in [0.4, 0.5) is 0 Å². The van der Waals surface area contributed by atoms with E-state index in [1.165, 1.54) is 31.5 Å². The zero-order valence-electron chi connectivity index (χ0n) is 15.9. The number of fused-ring (bicyclic) bond motifs is 1. The molecule has 2 aromatic rings. The first kappa shape index (κ1) is 18.4. The van der Waals surface area contributed by atoms with Crippen molar-refractivity contribution in [1.82, 2.24) is 15.1 Å². The quantitative estimate of drug-likeness (QED) is 0.813. The van der Waals surface area contributed by atoms with Crippen LogP contribution in [-0.4, -0.2) is 54.2 Å². The first-order valence-electron chi connectivity index (χ1n) is 9.60. The summed E-state index contributed by atoms with van der Waals surface area (Å²) in [4.78, 5) is 40.4. The number of likely N-dealkylation sites (tertiary alicyclic amines) is 1. The minimum absolute atomic E-state index is 0.122. The molecule has 2 aliphatic rings. The van der Waals surface area contributed by atoms with Gasteiger partial charge in [0.1, 0.15) is 0 Å². The Bertz CT molecular complexity index is 920. The molecule has 144 valence electrons. The highest BCUT2D eigenvalue weighted by Gasteiger charge is 2.33. The molecule has 1 unspecified atom stereocenters. The molecule has 1 atom stereocenters. The van der Waals surface area contributed by atoms with Gasteiger partial charge in [-0.3, -0.25) is 24.2 Å². The summed E-state index contributed by atoms with van der Waals surface area (Å²) in [5.74, 6) is -0.934. The van der Waals surface area contributed by atoms with Gasteiger partial charge in [0, 0.05) is 19.2 Å². The topological polar surface area (TPSA) is 69.7 Å². The van der Waals surface area contributed by atoms with E-state index in [-0.39, 0.29) is 23.8 Å². The van der Waals surface area contributed by atoms with Gasteiger partial charge in [0.15, 0.2) is 0 Å². The van der Waals surface area contributed by atoms with Crippen LogP contribution in [0.1, 0.15) is 55.5 Å². The maximum atomic E-state index is 12.7. The monoisotopic (exact) mass is 377 g/mol. The van der Waals surface area contributed by atoms with Gasteiger partial charge in [-0.1, -0.05) is 30.3 Å². The Hall–Kier alpha value is -2.99. The highest BCUT2D eigenvalue weighted by atomic mass is 16.2. The fourth-order valence-electron chi connectivity index (χ4n) is 3.98. The maximum Gasteiger partial charge on any atom is 0.261 e. The largest absolute Gasteiger partial charge is 0.350 e. The molecule has 6 heteroatoms. The average Bonchev–Trinajstić information content (AvgIpc) is 3.33. The van der Waals surface area contributed by atoms with Gasteiger partial charge in [-0.05, 0) is 49.7 Å². The van der Waals surface area contributed by atoms with E-state index in [1.54, 1.807) is 12.1 Å².